The minimum atomic E-state index is 0.471. The standard InChI is InChI=1S/C14H18N4/c1-17-10-4-7-13(17)11-5-3-6-12(16-11)14-8-9-15-18(14)2/h3,5-6,8-9,13H,4,7,10H2,1-2H3. The van der Waals surface area contributed by atoms with E-state index in [4.69, 9.17) is 4.98 Å². The summed E-state index contributed by atoms with van der Waals surface area (Å²) in [7, 11) is 4.13. The van der Waals surface area contributed by atoms with Crippen molar-refractivity contribution in [3.63, 3.8) is 0 Å². The zero-order chi connectivity index (χ0) is 12.5. The van der Waals surface area contributed by atoms with Gasteiger partial charge in [0, 0.05) is 13.2 Å². The maximum Gasteiger partial charge on any atom is 0.0886 e. The van der Waals surface area contributed by atoms with Crippen molar-refractivity contribution in [3.05, 3.63) is 36.2 Å². The van der Waals surface area contributed by atoms with Crippen molar-refractivity contribution in [1.82, 2.24) is 19.7 Å². The minimum absolute atomic E-state index is 0.471. The molecule has 1 aliphatic rings. The molecule has 18 heavy (non-hydrogen) atoms. The third-order valence-electron chi connectivity index (χ3n) is 3.72. The minimum Gasteiger partial charge on any atom is -0.298 e. The highest BCUT2D eigenvalue weighted by atomic mass is 15.3. The predicted octanol–water partition coefficient (Wildman–Crippen LogP) is 2.25. The highest BCUT2D eigenvalue weighted by Crippen LogP contribution is 2.30. The Hall–Kier alpha value is -1.68. The summed E-state index contributed by atoms with van der Waals surface area (Å²) >= 11 is 0. The molecule has 4 nitrogen and oxygen atoms in total. The summed E-state index contributed by atoms with van der Waals surface area (Å²) in [5.74, 6) is 0. The molecule has 0 bridgehead atoms. The van der Waals surface area contributed by atoms with Crippen LogP contribution < -0.4 is 0 Å². The number of hydrogen-bond donors (Lipinski definition) is 0. The van der Waals surface area contributed by atoms with Crippen molar-refractivity contribution in [2.24, 2.45) is 7.05 Å². The molecule has 0 aliphatic carbocycles. The molecule has 2 aromatic rings. The van der Waals surface area contributed by atoms with Crippen LogP contribution in [0.2, 0.25) is 0 Å². The molecule has 1 unspecified atom stereocenters. The fourth-order valence-electron chi connectivity index (χ4n) is 2.69. The number of hydrogen-bond acceptors (Lipinski definition) is 3. The molecule has 1 aliphatic heterocycles. The van der Waals surface area contributed by atoms with Gasteiger partial charge >= 0.3 is 0 Å². The molecule has 1 fully saturated rings. The van der Waals surface area contributed by atoms with Crippen molar-refractivity contribution < 1.29 is 0 Å². The zero-order valence-electron chi connectivity index (χ0n) is 10.9. The molecule has 0 aromatic carbocycles. The average Bonchev–Trinajstić information content (AvgIpc) is 2.98. The third-order valence-corrected chi connectivity index (χ3v) is 3.72. The van der Waals surface area contributed by atoms with Crippen LogP contribution in [0.25, 0.3) is 11.4 Å². The van der Waals surface area contributed by atoms with Gasteiger partial charge in [-0.2, -0.15) is 5.10 Å². The van der Waals surface area contributed by atoms with Crippen LogP contribution in [-0.4, -0.2) is 33.3 Å². The van der Waals surface area contributed by atoms with Gasteiger partial charge in [0.15, 0.2) is 0 Å². The second-order valence-electron chi connectivity index (χ2n) is 4.93. The van der Waals surface area contributed by atoms with Crippen LogP contribution in [0.4, 0.5) is 0 Å². The molecule has 3 heterocycles. The van der Waals surface area contributed by atoms with Gasteiger partial charge < -0.3 is 0 Å². The maximum absolute atomic E-state index is 4.81. The fourth-order valence-corrected chi connectivity index (χ4v) is 2.69. The van der Waals surface area contributed by atoms with E-state index in [1.807, 2.05) is 24.0 Å². The van der Waals surface area contributed by atoms with Crippen LogP contribution in [0, 0.1) is 0 Å². The smallest absolute Gasteiger partial charge is 0.0886 e. The van der Waals surface area contributed by atoms with Crippen molar-refractivity contribution in [2.45, 2.75) is 18.9 Å². The molecular formula is C14H18N4. The van der Waals surface area contributed by atoms with E-state index in [9.17, 15) is 0 Å². The Kier molecular flexibility index (Phi) is 2.88. The Labute approximate surface area is 107 Å². The summed E-state index contributed by atoms with van der Waals surface area (Å²) in [6.07, 6.45) is 4.28. The van der Waals surface area contributed by atoms with Gasteiger partial charge in [0.25, 0.3) is 0 Å². The Morgan fingerprint density at radius 2 is 2.11 bits per heavy atom. The predicted molar refractivity (Wildman–Crippen MR) is 71.0 cm³/mol. The Morgan fingerprint density at radius 1 is 1.22 bits per heavy atom. The molecule has 1 saturated heterocycles. The first kappa shape index (κ1) is 11.4. The van der Waals surface area contributed by atoms with Crippen LogP contribution in [0.5, 0.6) is 0 Å². The van der Waals surface area contributed by atoms with Crippen LogP contribution in [0.1, 0.15) is 24.6 Å². The van der Waals surface area contributed by atoms with Gasteiger partial charge in [0.1, 0.15) is 0 Å². The van der Waals surface area contributed by atoms with E-state index in [2.05, 4.69) is 35.2 Å². The quantitative estimate of drug-likeness (QED) is 0.810. The highest BCUT2D eigenvalue weighted by Gasteiger charge is 2.23. The van der Waals surface area contributed by atoms with Crippen LogP contribution in [0.3, 0.4) is 0 Å². The van der Waals surface area contributed by atoms with Crippen LogP contribution in [-0.2, 0) is 7.05 Å². The molecule has 0 amide bonds. The van der Waals surface area contributed by atoms with Gasteiger partial charge in [-0.25, -0.2) is 4.98 Å². The topological polar surface area (TPSA) is 34.0 Å². The number of rotatable bonds is 2. The largest absolute Gasteiger partial charge is 0.298 e. The Balaban J connectivity index is 1.97. The fraction of sp³-hybridized carbons (Fsp3) is 0.429. The summed E-state index contributed by atoms with van der Waals surface area (Å²) in [5, 5.41) is 4.20. The average molecular weight is 242 g/mol. The van der Waals surface area contributed by atoms with Crippen LogP contribution in [0.15, 0.2) is 30.5 Å². The summed E-state index contributed by atoms with van der Waals surface area (Å²) < 4.78 is 1.87. The normalized spacial score (nSPS) is 20.4. The molecular weight excluding hydrogens is 224 g/mol. The molecule has 0 saturated carbocycles. The maximum atomic E-state index is 4.81. The number of likely N-dealkylation sites (tertiary alicyclic amines) is 1. The molecule has 94 valence electrons. The first-order valence-electron chi connectivity index (χ1n) is 6.41. The number of aromatic nitrogens is 3. The van der Waals surface area contributed by atoms with E-state index < -0.39 is 0 Å². The molecule has 4 heteroatoms. The van der Waals surface area contributed by atoms with Gasteiger partial charge in [-0.3, -0.25) is 9.58 Å². The van der Waals surface area contributed by atoms with Crippen molar-refractivity contribution >= 4 is 0 Å². The first-order valence-corrected chi connectivity index (χ1v) is 6.41. The summed E-state index contributed by atoms with van der Waals surface area (Å²) in [5.41, 5.74) is 3.25. The molecule has 0 radical (unpaired) electrons. The van der Waals surface area contributed by atoms with E-state index in [1.54, 1.807) is 0 Å². The third kappa shape index (κ3) is 1.93. The van der Waals surface area contributed by atoms with Crippen molar-refractivity contribution in [3.8, 4) is 11.4 Å². The monoisotopic (exact) mass is 242 g/mol. The van der Waals surface area contributed by atoms with E-state index in [-0.39, 0.29) is 0 Å². The number of pyridine rings is 1. The molecule has 2 aromatic heterocycles. The van der Waals surface area contributed by atoms with Gasteiger partial charge in [-0.15, -0.1) is 0 Å². The zero-order valence-corrected chi connectivity index (χ0v) is 10.9. The summed E-state index contributed by atoms with van der Waals surface area (Å²) in [6, 6.07) is 8.75. The number of nitrogens with zero attached hydrogens (tertiary/aromatic N) is 4. The van der Waals surface area contributed by atoms with E-state index in [0.717, 1.165) is 11.4 Å². The molecule has 0 N–H and O–H groups in total. The lowest BCUT2D eigenvalue weighted by molar-refractivity contribution is 0.312. The number of aryl methyl sites for hydroxylation is 1. The van der Waals surface area contributed by atoms with Crippen molar-refractivity contribution in [2.75, 3.05) is 13.6 Å². The second-order valence-corrected chi connectivity index (χ2v) is 4.93. The molecule has 1 atom stereocenters. The lowest BCUT2D eigenvalue weighted by atomic mass is 10.1. The summed E-state index contributed by atoms with van der Waals surface area (Å²) in [6.45, 7) is 1.17. The van der Waals surface area contributed by atoms with E-state index >= 15 is 0 Å². The van der Waals surface area contributed by atoms with Crippen molar-refractivity contribution in [1.29, 1.82) is 0 Å². The lowest BCUT2D eigenvalue weighted by Gasteiger charge is -2.19. The van der Waals surface area contributed by atoms with Crippen LogP contribution >= 0.6 is 0 Å². The highest BCUT2D eigenvalue weighted by molar-refractivity contribution is 5.54. The second kappa shape index (κ2) is 4.53. The Morgan fingerprint density at radius 3 is 2.78 bits per heavy atom. The van der Waals surface area contributed by atoms with Gasteiger partial charge in [0.2, 0.25) is 0 Å². The molecule has 3 rings (SSSR count). The summed E-state index contributed by atoms with van der Waals surface area (Å²) in [4.78, 5) is 7.19. The Bertz CT molecular complexity index is 546. The van der Waals surface area contributed by atoms with E-state index in [1.165, 1.54) is 25.1 Å². The van der Waals surface area contributed by atoms with E-state index in [0.29, 0.717) is 6.04 Å². The lowest BCUT2D eigenvalue weighted by Crippen LogP contribution is -2.18. The van der Waals surface area contributed by atoms with Gasteiger partial charge in [0.05, 0.1) is 23.1 Å². The van der Waals surface area contributed by atoms with Gasteiger partial charge in [-0.1, -0.05) is 6.07 Å². The SMILES string of the molecule is CN1CCCC1c1cccc(-c2ccnn2C)n1. The van der Waals surface area contributed by atoms with Gasteiger partial charge in [-0.05, 0) is 44.6 Å². The molecule has 0 spiro atoms. The first-order chi connectivity index (χ1) is 8.75.